The molecule has 1 aromatic heterocycles. The molecule has 4 N–H and O–H groups in total. The summed E-state index contributed by atoms with van der Waals surface area (Å²) in [4.78, 5) is 54.7. The second-order valence-corrected chi connectivity index (χ2v) is 6.77. The Morgan fingerprint density at radius 2 is 1.77 bits per heavy atom. The Labute approximate surface area is 174 Å². The van der Waals surface area contributed by atoms with Gasteiger partial charge >= 0.3 is 0 Å². The fraction of sp³-hybridized carbons (Fsp3) is 0.100. The molecule has 0 aliphatic carbocycles. The van der Waals surface area contributed by atoms with E-state index in [9.17, 15) is 24.5 Å². The van der Waals surface area contributed by atoms with Crippen LogP contribution < -0.4 is 21.5 Å². The molecule has 0 bridgehead atoms. The molecule has 1 aliphatic heterocycles. The number of hydrogen-bond acceptors (Lipinski definition) is 7. The average molecular weight is 420 g/mol. The van der Waals surface area contributed by atoms with Gasteiger partial charge in [0.15, 0.2) is 0 Å². The zero-order valence-electron chi connectivity index (χ0n) is 15.9. The van der Waals surface area contributed by atoms with Gasteiger partial charge in [-0.1, -0.05) is 18.2 Å². The van der Waals surface area contributed by atoms with Crippen molar-refractivity contribution in [1.29, 1.82) is 0 Å². The molecular formula is C20H16N6O5. The molecule has 0 fully saturated rings. The number of non-ortho nitro benzene ring substituents is 1. The number of carbonyl (C=O) groups excluding carboxylic acids is 2. The van der Waals surface area contributed by atoms with Gasteiger partial charge in [0.1, 0.15) is 5.82 Å². The molecule has 31 heavy (non-hydrogen) atoms. The van der Waals surface area contributed by atoms with E-state index in [0.717, 1.165) is 0 Å². The van der Waals surface area contributed by atoms with Crippen molar-refractivity contribution in [3.8, 4) is 0 Å². The fourth-order valence-corrected chi connectivity index (χ4v) is 3.21. The molecule has 0 spiro atoms. The lowest BCUT2D eigenvalue weighted by Gasteiger charge is -2.23. The first kappa shape index (κ1) is 19.8. The zero-order chi connectivity index (χ0) is 22.0. The highest BCUT2D eigenvalue weighted by molar-refractivity contribution is 6.04. The van der Waals surface area contributed by atoms with Crippen molar-refractivity contribution in [2.45, 2.75) is 12.3 Å². The largest absolute Gasteiger partial charge is 0.326 e. The van der Waals surface area contributed by atoms with Gasteiger partial charge < -0.3 is 16.0 Å². The predicted molar refractivity (Wildman–Crippen MR) is 112 cm³/mol. The van der Waals surface area contributed by atoms with Crippen LogP contribution in [0.4, 0.5) is 28.8 Å². The van der Waals surface area contributed by atoms with Crippen molar-refractivity contribution < 1.29 is 14.5 Å². The maximum Gasteiger partial charge on any atom is 0.269 e. The van der Waals surface area contributed by atoms with Crippen LogP contribution >= 0.6 is 0 Å². The van der Waals surface area contributed by atoms with Crippen LogP contribution in [0.15, 0.2) is 59.4 Å². The highest BCUT2D eigenvalue weighted by Crippen LogP contribution is 2.30. The van der Waals surface area contributed by atoms with Crippen LogP contribution in [0.2, 0.25) is 0 Å². The average Bonchev–Trinajstić information content (AvgIpc) is 2.74. The molecule has 0 saturated carbocycles. The van der Waals surface area contributed by atoms with Crippen LogP contribution in [0.1, 0.15) is 17.9 Å². The molecule has 0 saturated heterocycles. The SMILES string of the molecule is O=C1C[C@H](C(=O)Nc2ccc([N+](=O)[O-])cc2)c2c(nc(Nc3ccccc3)[nH]c2=O)N1. The first-order valence-corrected chi connectivity index (χ1v) is 9.22. The number of anilines is 4. The molecule has 2 heterocycles. The molecule has 1 atom stereocenters. The first-order valence-electron chi connectivity index (χ1n) is 9.22. The van der Waals surface area contributed by atoms with E-state index in [1.165, 1.54) is 24.3 Å². The van der Waals surface area contributed by atoms with E-state index >= 15 is 0 Å². The van der Waals surface area contributed by atoms with E-state index in [2.05, 4.69) is 25.9 Å². The Morgan fingerprint density at radius 3 is 2.45 bits per heavy atom. The molecule has 2 amide bonds. The summed E-state index contributed by atoms with van der Waals surface area (Å²) in [5.41, 5.74) is 0.333. The van der Waals surface area contributed by atoms with E-state index in [4.69, 9.17) is 0 Å². The molecule has 4 rings (SSSR count). The smallest absolute Gasteiger partial charge is 0.269 e. The van der Waals surface area contributed by atoms with Crippen molar-refractivity contribution in [1.82, 2.24) is 9.97 Å². The van der Waals surface area contributed by atoms with Crippen LogP contribution in [0.25, 0.3) is 0 Å². The minimum absolute atomic E-state index is 0.00211. The number of amides is 2. The Bertz CT molecular complexity index is 1220. The summed E-state index contributed by atoms with van der Waals surface area (Å²) in [5.74, 6) is -2.00. The summed E-state index contributed by atoms with van der Waals surface area (Å²) >= 11 is 0. The van der Waals surface area contributed by atoms with Crippen LogP contribution in [-0.4, -0.2) is 26.7 Å². The third kappa shape index (κ3) is 4.24. The summed E-state index contributed by atoms with van der Waals surface area (Å²) in [6.45, 7) is 0. The monoisotopic (exact) mass is 420 g/mol. The van der Waals surface area contributed by atoms with Gasteiger partial charge in [0, 0.05) is 29.9 Å². The molecule has 11 heteroatoms. The molecular weight excluding hydrogens is 404 g/mol. The minimum Gasteiger partial charge on any atom is -0.326 e. The number of nitro groups is 1. The standard InChI is InChI=1S/C20H16N6O5/c27-15-10-14(18(28)21-12-6-8-13(9-7-12)26(30)31)16-17(23-15)24-20(25-19(16)29)22-11-4-2-1-3-5-11/h1-9,14H,10H2,(H,21,28)(H3,22,23,24,25,27,29)/t14-/m0/s1. The quantitative estimate of drug-likeness (QED) is 0.364. The molecule has 11 nitrogen and oxygen atoms in total. The normalized spacial score (nSPS) is 14.8. The molecule has 0 unspecified atom stereocenters. The van der Waals surface area contributed by atoms with Crippen LogP contribution in [-0.2, 0) is 9.59 Å². The number of benzene rings is 2. The highest BCUT2D eigenvalue weighted by atomic mass is 16.6. The molecule has 1 aliphatic rings. The number of carbonyl (C=O) groups is 2. The summed E-state index contributed by atoms with van der Waals surface area (Å²) in [5, 5.41) is 18.8. The number of nitrogens with zero attached hydrogens (tertiary/aromatic N) is 2. The zero-order valence-corrected chi connectivity index (χ0v) is 15.9. The fourth-order valence-electron chi connectivity index (χ4n) is 3.21. The maximum atomic E-state index is 12.8. The third-order valence-corrected chi connectivity index (χ3v) is 4.65. The van der Waals surface area contributed by atoms with Gasteiger partial charge in [0.2, 0.25) is 17.8 Å². The van der Waals surface area contributed by atoms with Crippen molar-refractivity contribution in [2.75, 3.05) is 16.0 Å². The lowest BCUT2D eigenvalue weighted by Crippen LogP contribution is -2.36. The van der Waals surface area contributed by atoms with Crippen LogP contribution in [0, 0.1) is 10.1 Å². The van der Waals surface area contributed by atoms with Crippen molar-refractivity contribution in [3.05, 3.63) is 80.6 Å². The number of para-hydroxylation sites is 1. The van der Waals surface area contributed by atoms with E-state index in [-0.39, 0.29) is 29.4 Å². The van der Waals surface area contributed by atoms with Gasteiger partial charge in [0.05, 0.1) is 16.4 Å². The van der Waals surface area contributed by atoms with Crippen molar-refractivity contribution >= 4 is 40.6 Å². The van der Waals surface area contributed by atoms with Gasteiger partial charge in [0.25, 0.3) is 11.2 Å². The first-order chi connectivity index (χ1) is 14.9. The molecule has 3 aromatic rings. The number of aromatic amines is 1. The van der Waals surface area contributed by atoms with E-state index in [0.29, 0.717) is 11.4 Å². The van der Waals surface area contributed by atoms with E-state index < -0.39 is 28.2 Å². The third-order valence-electron chi connectivity index (χ3n) is 4.65. The maximum absolute atomic E-state index is 12.8. The number of nitrogens with one attached hydrogen (secondary N) is 4. The Kier molecular flexibility index (Phi) is 5.14. The second-order valence-electron chi connectivity index (χ2n) is 6.77. The highest BCUT2D eigenvalue weighted by Gasteiger charge is 2.34. The Hall–Kier alpha value is -4.54. The van der Waals surface area contributed by atoms with E-state index in [1.807, 2.05) is 6.07 Å². The van der Waals surface area contributed by atoms with Crippen LogP contribution in [0.3, 0.4) is 0 Å². The van der Waals surface area contributed by atoms with Gasteiger partial charge in [-0.05, 0) is 24.3 Å². The van der Waals surface area contributed by atoms with Gasteiger partial charge in [-0.2, -0.15) is 4.98 Å². The summed E-state index contributed by atoms with van der Waals surface area (Å²) in [7, 11) is 0. The summed E-state index contributed by atoms with van der Waals surface area (Å²) < 4.78 is 0. The number of nitro benzene ring substituents is 1. The van der Waals surface area contributed by atoms with Crippen LogP contribution in [0.5, 0.6) is 0 Å². The number of fused-ring (bicyclic) bond motifs is 1. The molecule has 0 radical (unpaired) electrons. The number of hydrogen-bond donors (Lipinski definition) is 4. The number of H-pyrrole nitrogens is 1. The number of rotatable bonds is 5. The number of aromatic nitrogens is 2. The second kappa shape index (κ2) is 8.06. The van der Waals surface area contributed by atoms with Gasteiger partial charge in [-0.3, -0.25) is 29.5 Å². The topological polar surface area (TPSA) is 159 Å². The van der Waals surface area contributed by atoms with Gasteiger partial charge in [-0.15, -0.1) is 0 Å². The van der Waals surface area contributed by atoms with E-state index in [1.54, 1.807) is 24.3 Å². The lowest BCUT2D eigenvalue weighted by molar-refractivity contribution is -0.384. The van der Waals surface area contributed by atoms with Crippen molar-refractivity contribution in [2.24, 2.45) is 0 Å². The van der Waals surface area contributed by atoms with Crippen molar-refractivity contribution in [3.63, 3.8) is 0 Å². The lowest BCUT2D eigenvalue weighted by atomic mass is 9.92. The Morgan fingerprint density at radius 1 is 1.06 bits per heavy atom. The summed E-state index contributed by atoms with van der Waals surface area (Å²) in [6, 6.07) is 14.2. The molecule has 156 valence electrons. The Balaban J connectivity index is 1.60. The van der Waals surface area contributed by atoms with Gasteiger partial charge in [-0.25, -0.2) is 0 Å². The minimum atomic E-state index is -1.07. The summed E-state index contributed by atoms with van der Waals surface area (Å²) in [6.07, 6.45) is -0.234. The predicted octanol–water partition coefficient (Wildman–Crippen LogP) is 2.49. The molecule has 2 aromatic carbocycles.